The number of anilines is 1. The topological polar surface area (TPSA) is 146 Å². The molecule has 1 aliphatic heterocycles. The lowest BCUT2D eigenvalue weighted by Gasteiger charge is -2.16. The summed E-state index contributed by atoms with van der Waals surface area (Å²) >= 11 is 0. The van der Waals surface area contributed by atoms with Gasteiger partial charge in [0.1, 0.15) is 24.6 Å². The number of hydrogen-bond donors (Lipinski definition) is 5. The second-order valence-electron chi connectivity index (χ2n) is 5.86. The first-order chi connectivity index (χ1) is 12.1. The summed E-state index contributed by atoms with van der Waals surface area (Å²) in [4.78, 5) is 12.6. The molecule has 0 saturated carbocycles. The van der Waals surface area contributed by atoms with Crippen LogP contribution in [0, 0.1) is 0 Å². The van der Waals surface area contributed by atoms with Crippen molar-refractivity contribution in [1.82, 2.24) is 19.5 Å². The molecule has 1 fully saturated rings. The number of aliphatic hydroxyl groups is 4. The Bertz CT molecular complexity index is 764. The first kappa shape index (κ1) is 17.7. The van der Waals surface area contributed by atoms with Gasteiger partial charge in [-0.25, -0.2) is 15.0 Å². The fourth-order valence-electron chi connectivity index (χ4n) is 2.66. The van der Waals surface area contributed by atoms with E-state index in [1.165, 1.54) is 17.2 Å². The molecule has 0 bridgehead atoms. The summed E-state index contributed by atoms with van der Waals surface area (Å²) in [5, 5.41) is 41.4. The molecule has 1 saturated heterocycles. The van der Waals surface area contributed by atoms with E-state index in [9.17, 15) is 15.3 Å². The third kappa shape index (κ3) is 3.34. The van der Waals surface area contributed by atoms with Gasteiger partial charge in [-0.05, 0) is 6.92 Å². The van der Waals surface area contributed by atoms with Gasteiger partial charge >= 0.3 is 0 Å². The number of ether oxygens (including phenoxy) is 1. The maximum atomic E-state index is 10.2. The minimum Gasteiger partial charge on any atom is -0.394 e. The van der Waals surface area contributed by atoms with Gasteiger partial charge in [0, 0.05) is 6.54 Å². The lowest BCUT2D eigenvalue weighted by molar-refractivity contribution is -0.0511. The van der Waals surface area contributed by atoms with Crippen molar-refractivity contribution in [2.45, 2.75) is 31.5 Å². The molecule has 3 heterocycles. The number of aliphatic hydroxyl groups excluding tert-OH is 4. The van der Waals surface area contributed by atoms with Gasteiger partial charge in [0.25, 0.3) is 0 Å². The lowest BCUT2D eigenvalue weighted by atomic mass is 10.1. The SMILES string of the molecule is C/C(=C\CNc1ncnc2c1ncn2[C@H]1O[C@@H](CO)[C@@H](O)[C@H]1O)CO. The van der Waals surface area contributed by atoms with E-state index < -0.39 is 31.1 Å². The van der Waals surface area contributed by atoms with Gasteiger partial charge in [-0.2, -0.15) is 0 Å². The van der Waals surface area contributed by atoms with E-state index >= 15 is 0 Å². The Balaban J connectivity index is 1.86. The first-order valence-corrected chi connectivity index (χ1v) is 7.87. The molecule has 10 heteroatoms. The third-order valence-electron chi connectivity index (χ3n) is 4.12. The molecule has 0 aliphatic carbocycles. The van der Waals surface area contributed by atoms with Gasteiger partial charge in [0.05, 0.1) is 19.5 Å². The second kappa shape index (κ2) is 7.42. The summed E-state index contributed by atoms with van der Waals surface area (Å²) in [5.41, 5.74) is 1.74. The lowest BCUT2D eigenvalue weighted by Crippen LogP contribution is -2.33. The van der Waals surface area contributed by atoms with Crippen LogP contribution in [0.2, 0.25) is 0 Å². The van der Waals surface area contributed by atoms with Crippen molar-refractivity contribution in [3.8, 4) is 0 Å². The highest BCUT2D eigenvalue weighted by Gasteiger charge is 2.44. The highest BCUT2D eigenvalue weighted by molar-refractivity contribution is 5.82. The van der Waals surface area contributed by atoms with E-state index in [0.29, 0.717) is 23.5 Å². The van der Waals surface area contributed by atoms with Gasteiger partial charge < -0.3 is 30.5 Å². The van der Waals surface area contributed by atoms with Gasteiger partial charge in [-0.1, -0.05) is 11.6 Å². The number of aromatic nitrogens is 4. The molecule has 0 radical (unpaired) electrons. The minimum atomic E-state index is -1.21. The smallest absolute Gasteiger partial charge is 0.167 e. The maximum absolute atomic E-state index is 10.2. The van der Waals surface area contributed by atoms with Crippen LogP contribution in [-0.4, -0.2) is 78.0 Å². The van der Waals surface area contributed by atoms with Crippen molar-refractivity contribution >= 4 is 17.0 Å². The fraction of sp³-hybridized carbons (Fsp3) is 0.533. The maximum Gasteiger partial charge on any atom is 0.167 e. The van der Waals surface area contributed by atoms with E-state index in [2.05, 4.69) is 20.3 Å². The van der Waals surface area contributed by atoms with Crippen LogP contribution < -0.4 is 5.32 Å². The zero-order valence-electron chi connectivity index (χ0n) is 13.6. The molecule has 0 amide bonds. The van der Waals surface area contributed by atoms with Crippen molar-refractivity contribution in [2.24, 2.45) is 0 Å². The van der Waals surface area contributed by atoms with E-state index in [4.69, 9.17) is 9.84 Å². The Hall–Kier alpha value is -2.11. The molecular formula is C15H21N5O5. The van der Waals surface area contributed by atoms with Crippen LogP contribution in [0.15, 0.2) is 24.3 Å². The van der Waals surface area contributed by atoms with Crippen molar-refractivity contribution < 1.29 is 25.2 Å². The van der Waals surface area contributed by atoms with Gasteiger partial charge in [0.15, 0.2) is 23.2 Å². The predicted octanol–water partition coefficient (Wildman–Crippen LogP) is -1.21. The summed E-state index contributed by atoms with van der Waals surface area (Å²) in [6.45, 7) is 1.85. The van der Waals surface area contributed by atoms with Crippen LogP contribution >= 0.6 is 0 Å². The summed E-state index contributed by atoms with van der Waals surface area (Å²) in [7, 11) is 0. The Kier molecular flexibility index (Phi) is 5.25. The van der Waals surface area contributed by atoms with Crippen LogP contribution in [0.25, 0.3) is 11.2 Å². The van der Waals surface area contributed by atoms with Gasteiger partial charge in [-0.3, -0.25) is 4.57 Å². The van der Waals surface area contributed by atoms with Crippen molar-refractivity contribution in [2.75, 3.05) is 25.1 Å². The monoisotopic (exact) mass is 351 g/mol. The number of nitrogens with zero attached hydrogens (tertiary/aromatic N) is 4. The molecule has 5 N–H and O–H groups in total. The molecular weight excluding hydrogens is 330 g/mol. The van der Waals surface area contributed by atoms with Crippen molar-refractivity contribution in [3.05, 3.63) is 24.3 Å². The average molecular weight is 351 g/mol. The molecule has 0 unspecified atom stereocenters. The Morgan fingerprint density at radius 2 is 2.08 bits per heavy atom. The molecule has 4 atom stereocenters. The number of imidazole rings is 1. The summed E-state index contributed by atoms with van der Waals surface area (Å²) < 4.78 is 7.01. The molecule has 10 nitrogen and oxygen atoms in total. The van der Waals surface area contributed by atoms with Gasteiger partial charge in [-0.15, -0.1) is 0 Å². The minimum absolute atomic E-state index is 0.0131. The fourth-order valence-corrected chi connectivity index (χ4v) is 2.66. The van der Waals surface area contributed by atoms with E-state index in [0.717, 1.165) is 5.57 Å². The molecule has 2 aromatic heterocycles. The largest absolute Gasteiger partial charge is 0.394 e. The van der Waals surface area contributed by atoms with Crippen LogP contribution in [-0.2, 0) is 4.74 Å². The Morgan fingerprint density at radius 3 is 2.76 bits per heavy atom. The van der Waals surface area contributed by atoms with E-state index in [1.807, 2.05) is 13.0 Å². The van der Waals surface area contributed by atoms with Crippen LogP contribution in [0.3, 0.4) is 0 Å². The first-order valence-electron chi connectivity index (χ1n) is 7.87. The molecule has 1 aliphatic rings. The highest BCUT2D eigenvalue weighted by atomic mass is 16.6. The van der Waals surface area contributed by atoms with Crippen LogP contribution in [0.1, 0.15) is 13.2 Å². The zero-order valence-corrected chi connectivity index (χ0v) is 13.6. The van der Waals surface area contributed by atoms with Crippen molar-refractivity contribution in [3.63, 3.8) is 0 Å². The quantitative estimate of drug-likeness (QED) is 0.404. The number of nitrogens with one attached hydrogen (secondary N) is 1. The summed E-state index contributed by atoms with van der Waals surface area (Å²) in [6, 6.07) is 0. The standard InChI is InChI=1S/C15H21N5O5/c1-8(4-21)2-3-16-13-10-14(18-6-17-13)20(7-19-10)15-12(24)11(23)9(5-22)25-15/h2,6-7,9,11-12,15,21-24H,3-5H2,1H3,(H,16,17,18)/b8-2+/t9-,11+,12+,15-/m0/s1. The average Bonchev–Trinajstić information content (AvgIpc) is 3.17. The van der Waals surface area contributed by atoms with Crippen LogP contribution in [0.5, 0.6) is 0 Å². The third-order valence-corrected chi connectivity index (χ3v) is 4.12. The Labute approximate surface area is 143 Å². The number of fused-ring (bicyclic) bond motifs is 1. The molecule has 3 rings (SSSR count). The highest BCUT2D eigenvalue weighted by Crippen LogP contribution is 2.31. The molecule has 0 spiro atoms. The molecule has 0 aromatic carbocycles. The molecule has 25 heavy (non-hydrogen) atoms. The normalized spacial score (nSPS) is 27.2. The zero-order chi connectivity index (χ0) is 18.0. The van der Waals surface area contributed by atoms with Crippen molar-refractivity contribution in [1.29, 1.82) is 0 Å². The predicted molar refractivity (Wildman–Crippen MR) is 87.7 cm³/mol. The van der Waals surface area contributed by atoms with E-state index in [1.54, 1.807) is 0 Å². The molecule has 2 aromatic rings. The van der Waals surface area contributed by atoms with Crippen LogP contribution in [0.4, 0.5) is 5.82 Å². The molecule has 136 valence electrons. The van der Waals surface area contributed by atoms with Gasteiger partial charge in [0.2, 0.25) is 0 Å². The second-order valence-corrected chi connectivity index (χ2v) is 5.86. The summed E-state index contributed by atoms with van der Waals surface area (Å²) in [5.74, 6) is 0.498. The Morgan fingerprint density at radius 1 is 1.28 bits per heavy atom. The van der Waals surface area contributed by atoms with E-state index in [-0.39, 0.29) is 6.61 Å². The number of hydrogen-bond acceptors (Lipinski definition) is 9. The number of rotatable bonds is 6. The summed E-state index contributed by atoms with van der Waals surface area (Å²) in [6.07, 6.45) is 0.443.